The summed E-state index contributed by atoms with van der Waals surface area (Å²) in [7, 11) is 3.28. The van der Waals surface area contributed by atoms with Gasteiger partial charge >= 0.3 is 12.1 Å². The van der Waals surface area contributed by atoms with Crippen LogP contribution in [0.5, 0.6) is 0 Å². The molecule has 0 saturated heterocycles. The Balaban J connectivity index is 1.85. The molecule has 0 aliphatic carbocycles. The number of carbonyl (C=O) groups is 2. The number of benzene rings is 2. The molecule has 0 aliphatic rings. The van der Waals surface area contributed by atoms with Gasteiger partial charge in [-0.25, -0.2) is 9.59 Å². The maximum absolute atomic E-state index is 12.1. The third-order valence-corrected chi connectivity index (χ3v) is 3.93. The molecule has 2 rings (SSSR count). The van der Waals surface area contributed by atoms with Gasteiger partial charge in [0.1, 0.15) is 0 Å². The van der Waals surface area contributed by atoms with E-state index < -0.39 is 6.09 Å². The summed E-state index contributed by atoms with van der Waals surface area (Å²) < 4.78 is 4.54. The van der Waals surface area contributed by atoms with E-state index in [0.29, 0.717) is 17.9 Å². The van der Waals surface area contributed by atoms with Crippen LogP contribution in [0.3, 0.4) is 0 Å². The van der Waals surface area contributed by atoms with Gasteiger partial charge in [-0.15, -0.1) is 0 Å². The second-order valence-corrected chi connectivity index (χ2v) is 5.83. The second-order valence-electron chi connectivity index (χ2n) is 5.83. The van der Waals surface area contributed by atoms with Crippen molar-refractivity contribution in [3.63, 3.8) is 0 Å². The number of anilines is 3. The van der Waals surface area contributed by atoms with Crippen molar-refractivity contribution in [2.45, 2.75) is 13.0 Å². The zero-order valence-corrected chi connectivity index (χ0v) is 15.2. The summed E-state index contributed by atoms with van der Waals surface area (Å²) in [4.78, 5) is 25.4. The average Bonchev–Trinajstić information content (AvgIpc) is 2.66. The summed E-state index contributed by atoms with van der Waals surface area (Å²) in [5, 5.41) is 8.15. The number of ether oxygens (including phenoxy) is 1. The van der Waals surface area contributed by atoms with Crippen LogP contribution in [0.25, 0.3) is 0 Å². The number of likely N-dealkylation sites (N-methyl/N-ethyl adjacent to an activating group) is 1. The molecule has 0 fully saturated rings. The highest BCUT2D eigenvalue weighted by Crippen LogP contribution is 2.16. The number of rotatable bonds is 6. The van der Waals surface area contributed by atoms with Crippen LogP contribution in [0.2, 0.25) is 0 Å². The third kappa shape index (κ3) is 5.70. The van der Waals surface area contributed by atoms with Crippen LogP contribution in [0.15, 0.2) is 54.6 Å². The van der Waals surface area contributed by atoms with E-state index in [1.807, 2.05) is 44.3 Å². The first-order valence-electron chi connectivity index (χ1n) is 8.27. The van der Waals surface area contributed by atoms with Gasteiger partial charge in [-0.3, -0.25) is 5.32 Å². The SMILES string of the molecule is COC(=O)Nc1cccc(NC(=O)NCC(C)N(C)c2ccccc2)c1. The molecule has 0 aliphatic heterocycles. The molecule has 26 heavy (non-hydrogen) atoms. The number of methoxy groups -OCH3 is 1. The smallest absolute Gasteiger partial charge is 0.411 e. The molecule has 138 valence electrons. The molecule has 7 nitrogen and oxygen atoms in total. The Morgan fingerprint density at radius 2 is 1.69 bits per heavy atom. The average molecular weight is 356 g/mol. The van der Waals surface area contributed by atoms with Crippen LogP contribution < -0.4 is 20.9 Å². The standard InChI is InChI=1S/C19H24N4O3/c1-14(23(2)17-10-5-4-6-11-17)13-20-18(24)21-15-8-7-9-16(12-15)22-19(25)26-3/h4-12,14H,13H2,1-3H3,(H,22,25)(H2,20,21,24). The Morgan fingerprint density at radius 1 is 1.04 bits per heavy atom. The summed E-state index contributed by atoms with van der Waals surface area (Å²) in [5.74, 6) is 0. The Hall–Kier alpha value is -3.22. The van der Waals surface area contributed by atoms with Crippen LogP contribution >= 0.6 is 0 Å². The molecule has 0 bridgehead atoms. The van der Waals surface area contributed by atoms with Crippen LogP contribution in [-0.4, -0.2) is 38.9 Å². The lowest BCUT2D eigenvalue weighted by atomic mass is 10.2. The molecular formula is C19H24N4O3. The van der Waals surface area contributed by atoms with Gasteiger partial charge in [-0.05, 0) is 37.3 Å². The first-order valence-corrected chi connectivity index (χ1v) is 8.27. The number of amides is 3. The minimum absolute atomic E-state index is 0.121. The highest BCUT2D eigenvalue weighted by atomic mass is 16.5. The fourth-order valence-corrected chi connectivity index (χ4v) is 2.31. The van der Waals surface area contributed by atoms with E-state index in [1.165, 1.54) is 7.11 Å². The van der Waals surface area contributed by atoms with Crippen LogP contribution in [-0.2, 0) is 4.74 Å². The largest absolute Gasteiger partial charge is 0.453 e. The van der Waals surface area contributed by atoms with Crippen molar-refractivity contribution in [1.29, 1.82) is 0 Å². The van der Waals surface area contributed by atoms with Crippen molar-refractivity contribution in [3.8, 4) is 0 Å². The number of urea groups is 1. The molecule has 0 saturated carbocycles. The first kappa shape index (κ1) is 19.1. The van der Waals surface area contributed by atoms with Gasteiger partial charge in [0, 0.05) is 36.7 Å². The van der Waals surface area contributed by atoms with E-state index in [9.17, 15) is 9.59 Å². The van der Waals surface area contributed by atoms with Gasteiger partial charge in [0.25, 0.3) is 0 Å². The Labute approximate surface area is 153 Å². The minimum atomic E-state index is -0.565. The first-order chi connectivity index (χ1) is 12.5. The fourth-order valence-electron chi connectivity index (χ4n) is 2.31. The zero-order valence-electron chi connectivity index (χ0n) is 15.2. The highest BCUT2D eigenvalue weighted by Gasteiger charge is 2.11. The summed E-state index contributed by atoms with van der Waals surface area (Å²) in [6, 6.07) is 16.6. The molecule has 3 N–H and O–H groups in total. The molecule has 1 atom stereocenters. The molecule has 2 aromatic rings. The predicted molar refractivity (Wildman–Crippen MR) is 104 cm³/mol. The molecule has 1 unspecified atom stereocenters. The van der Waals surface area contributed by atoms with Gasteiger partial charge in [0.2, 0.25) is 0 Å². The van der Waals surface area contributed by atoms with Crippen LogP contribution in [0.1, 0.15) is 6.92 Å². The van der Waals surface area contributed by atoms with Crippen molar-refractivity contribution in [2.75, 3.05) is 36.2 Å². The highest BCUT2D eigenvalue weighted by molar-refractivity contribution is 5.91. The summed E-state index contributed by atoms with van der Waals surface area (Å²) in [5.41, 5.74) is 2.19. The van der Waals surface area contributed by atoms with Crippen molar-refractivity contribution in [2.24, 2.45) is 0 Å². The van der Waals surface area contributed by atoms with E-state index >= 15 is 0 Å². The van der Waals surface area contributed by atoms with Gasteiger partial charge in [0.05, 0.1) is 7.11 Å². The lowest BCUT2D eigenvalue weighted by Crippen LogP contribution is -2.41. The molecule has 0 heterocycles. The van der Waals surface area contributed by atoms with Gasteiger partial charge in [-0.1, -0.05) is 24.3 Å². The predicted octanol–water partition coefficient (Wildman–Crippen LogP) is 3.51. The Bertz CT molecular complexity index is 737. The molecule has 0 aromatic heterocycles. The lowest BCUT2D eigenvalue weighted by Gasteiger charge is -2.27. The second kappa shape index (κ2) is 9.31. The van der Waals surface area contributed by atoms with E-state index in [2.05, 4.69) is 25.6 Å². The van der Waals surface area contributed by atoms with Crippen molar-refractivity contribution >= 4 is 29.2 Å². The quantitative estimate of drug-likeness (QED) is 0.740. The summed E-state index contributed by atoms with van der Waals surface area (Å²) in [6.07, 6.45) is -0.565. The van der Waals surface area contributed by atoms with Gasteiger partial charge < -0.3 is 20.3 Å². The van der Waals surface area contributed by atoms with Gasteiger partial charge in [0.15, 0.2) is 0 Å². The summed E-state index contributed by atoms with van der Waals surface area (Å²) in [6.45, 7) is 2.52. The van der Waals surface area contributed by atoms with Crippen LogP contribution in [0.4, 0.5) is 26.7 Å². The number of para-hydroxylation sites is 1. The molecular weight excluding hydrogens is 332 g/mol. The van der Waals surface area contributed by atoms with Crippen LogP contribution in [0, 0.1) is 0 Å². The number of nitrogens with zero attached hydrogens (tertiary/aromatic N) is 1. The molecule has 0 spiro atoms. The minimum Gasteiger partial charge on any atom is -0.453 e. The van der Waals surface area contributed by atoms with Crippen molar-refractivity contribution in [3.05, 3.63) is 54.6 Å². The fraction of sp³-hybridized carbons (Fsp3) is 0.263. The normalized spacial score (nSPS) is 11.2. The zero-order chi connectivity index (χ0) is 18.9. The lowest BCUT2D eigenvalue weighted by molar-refractivity contribution is 0.187. The number of carbonyl (C=O) groups excluding carboxylic acids is 2. The topological polar surface area (TPSA) is 82.7 Å². The van der Waals surface area contributed by atoms with E-state index in [4.69, 9.17) is 0 Å². The number of hydrogen-bond donors (Lipinski definition) is 3. The number of hydrogen-bond acceptors (Lipinski definition) is 4. The Morgan fingerprint density at radius 3 is 2.35 bits per heavy atom. The third-order valence-electron chi connectivity index (χ3n) is 3.93. The van der Waals surface area contributed by atoms with Crippen molar-refractivity contribution in [1.82, 2.24) is 5.32 Å². The number of nitrogens with one attached hydrogen (secondary N) is 3. The van der Waals surface area contributed by atoms with E-state index in [1.54, 1.807) is 24.3 Å². The molecule has 0 radical (unpaired) electrons. The summed E-state index contributed by atoms with van der Waals surface area (Å²) >= 11 is 0. The van der Waals surface area contributed by atoms with Gasteiger partial charge in [-0.2, -0.15) is 0 Å². The maximum atomic E-state index is 12.1. The monoisotopic (exact) mass is 356 g/mol. The maximum Gasteiger partial charge on any atom is 0.411 e. The molecule has 7 heteroatoms. The van der Waals surface area contributed by atoms with E-state index in [0.717, 1.165) is 5.69 Å². The molecule has 2 aromatic carbocycles. The van der Waals surface area contributed by atoms with Crippen molar-refractivity contribution < 1.29 is 14.3 Å². The Kier molecular flexibility index (Phi) is 6.84. The molecule has 3 amide bonds. The van der Waals surface area contributed by atoms with E-state index in [-0.39, 0.29) is 12.1 Å².